The number of hydrogen-bond acceptors (Lipinski definition) is 11. The molecule has 65 heavy (non-hydrogen) atoms. The second kappa shape index (κ2) is 19.8. The van der Waals surface area contributed by atoms with Crippen molar-refractivity contribution >= 4 is 34.9 Å². The molecule has 3 aliphatic rings. The molecule has 3 fully saturated rings. The van der Waals surface area contributed by atoms with Crippen LogP contribution in [0.1, 0.15) is 83.0 Å². The Morgan fingerprint density at radius 2 is 1.40 bits per heavy atom. The molecule has 17 nitrogen and oxygen atoms in total. The van der Waals surface area contributed by atoms with Crippen LogP contribution in [0.25, 0.3) is 44.7 Å². The van der Waals surface area contributed by atoms with Gasteiger partial charge in [0.1, 0.15) is 35.7 Å². The maximum atomic E-state index is 15.9. The number of nitrogens with zero attached hydrogens (tertiary/aromatic N) is 5. The highest BCUT2D eigenvalue weighted by molar-refractivity contribution is 5.88. The Kier molecular flexibility index (Phi) is 13.7. The Morgan fingerprint density at radius 1 is 0.769 bits per heavy atom. The first-order chi connectivity index (χ1) is 31.4. The number of amides is 4. The summed E-state index contributed by atoms with van der Waals surface area (Å²) in [5.74, 6) is 0.0811. The summed E-state index contributed by atoms with van der Waals surface area (Å²) in [6.07, 6.45) is 5.26. The van der Waals surface area contributed by atoms with Crippen LogP contribution in [0.2, 0.25) is 0 Å². The Bertz CT molecular complexity index is 2520. The van der Waals surface area contributed by atoms with Crippen LogP contribution >= 0.6 is 0 Å². The van der Waals surface area contributed by atoms with Gasteiger partial charge in [-0.25, -0.2) is 28.9 Å². The van der Waals surface area contributed by atoms with Crippen LogP contribution in [0.15, 0.2) is 60.9 Å². The molecule has 6 heterocycles. The first-order valence-corrected chi connectivity index (χ1v) is 22.3. The zero-order chi connectivity index (χ0) is 45.8. The molecule has 4 amide bonds. The Hall–Kier alpha value is -6.40. The smallest absolute Gasteiger partial charge is 0.408 e. The van der Waals surface area contributed by atoms with Crippen molar-refractivity contribution < 1.29 is 42.5 Å². The third-order valence-electron chi connectivity index (χ3n) is 12.7. The zero-order valence-electron chi connectivity index (χ0n) is 37.3. The summed E-state index contributed by atoms with van der Waals surface area (Å²) in [5.41, 5.74) is 4.38. The number of H-pyrrole nitrogens is 2. The number of hydrogen-bond donors (Lipinski definition) is 4. The molecule has 3 aliphatic heterocycles. The predicted octanol–water partition coefficient (Wildman–Crippen LogP) is 6.84. The number of aromatic nitrogens is 5. The van der Waals surface area contributed by atoms with E-state index in [1.165, 1.54) is 20.3 Å². The molecule has 0 aliphatic carbocycles. The number of methoxy groups -OCH3 is 2. The number of carbonyl (C=O) groups is 4. The maximum Gasteiger partial charge on any atom is 0.408 e. The Morgan fingerprint density at radius 3 is 2.05 bits per heavy atom. The molecule has 5 atom stereocenters. The molecule has 2 aromatic carbocycles. The van der Waals surface area contributed by atoms with Gasteiger partial charge in [0.05, 0.1) is 73.5 Å². The van der Waals surface area contributed by atoms with E-state index in [4.69, 9.17) is 28.9 Å². The largest absolute Gasteiger partial charge is 0.453 e. The number of halogens is 1. The number of nitrogens with one attached hydrogen (secondary N) is 4. The predicted molar refractivity (Wildman–Crippen MR) is 238 cm³/mol. The van der Waals surface area contributed by atoms with Crippen molar-refractivity contribution in [3.8, 4) is 33.8 Å². The lowest BCUT2D eigenvalue weighted by Gasteiger charge is -2.31. The number of carbonyl (C=O) groups excluding carboxylic acids is 4. The number of ether oxygens (including phenoxy) is 4. The lowest BCUT2D eigenvalue weighted by atomic mass is 10.0. The van der Waals surface area contributed by atoms with Gasteiger partial charge in [-0.15, -0.1) is 0 Å². The highest BCUT2D eigenvalue weighted by atomic mass is 19.1. The molecule has 3 aromatic heterocycles. The third-order valence-corrected chi connectivity index (χ3v) is 12.7. The fourth-order valence-electron chi connectivity index (χ4n) is 8.95. The summed E-state index contributed by atoms with van der Waals surface area (Å²) < 4.78 is 37.1. The first-order valence-electron chi connectivity index (χ1n) is 22.3. The van der Waals surface area contributed by atoms with Gasteiger partial charge in [-0.05, 0) is 68.9 Å². The van der Waals surface area contributed by atoms with E-state index < -0.39 is 36.2 Å². The molecule has 1 unspecified atom stereocenters. The van der Waals surface area contributed by atoms with E-state index in [2.05, 4.69) is 25.6 Å². The van der Waals surface area contributed by atoms with Crippen molar-refractivity contribution in [2.45, 2.75) is 95.7 Å². The molecule has 5 aromatic rings. The minimum atomic E-state index is -0.948. The number of likely N-dealkylation sites (tertiary alicyclic amines) is 2. The summed E-state index contributed by atoms with van der Waals surface area (Å²) in [7, 11) is 2.76. The fraction of sp³-hybridized carbons (Fsp3) is 0.468. The Balaban J connectivity index is 0.934. The minimum Gasteiger partial charge on any atom is -0.453 e. The molecule has 0 saturated carbocycles. The van der Waals surface area contributed by atoms with Crippen molar-refractivity contribution in [2.24, 2.45) is 5.92 Å². The summed E-state index contributed by atoms with van der Waals surface area (Å²) in [6.45, 7) is 7.52. The van der Waals surface area contributed by atoms with Crippen molar-refractivity contribution in [2.75, 3.05) is 40.5 Å². The number of fused-ring (bicyclic) bond motifs is 1. The van der Waals surface area contributed by atoms with Gasteiger partial charge < -0.3 is 49.3 Å². The molecule has 8 rings (SSSR count). The van der Waals surface area contributed by atoms with Crippen molar-refractivity contribution in [3.63, 3.8) is 0 Å². The SMILES string of the molecule is COC(=O)N[C@H](C(=O)N1CCC[C@H]1c1ncc(-c2ccc(-c3ccc4cc(-c5cnc([C@@H]6CCCN6C(=O)C(NC(=O)OC6CCOCC6)[C@@H](C)OC)[nH]5)ccc4n3)cc2F)[nH]1)C(C)C. The van der Waals surface area contributed by atoms with Crippen molar-refractivity contribution in [1.29, 1.82) is 0 Å². The maximum absolute atomic E-state index is 15.9. The van der Waals surface area contributed by atoms with Crippen LogP contribution in [-0.2, 0) is 28.5 Å². The van der Waals surface area contributed by atoms with Crippen LogP contribution in [0.5, 0.6) is 0 Å². The fourth-order valence-corrected chi connectivity index (χ4v) is 8.95. The lowest BCUT2D eigenvalue weighted by molar-refractivity contribution is -0.138. The highest BCUT2D eigenvalue weighted by Crippen LogP contribution is 2.36. The van der Waals surface area contributed by atoms with Crippen LogP contribution in [0, 0.1) is 11.7 Å². The number of imidazole rings is 2. The van der Waals surface area contributed by atoms with E-state index in [1.807, 2.05) is 50.2 Å². The molecule has 3 saturated heterocycles. The normalized spacial score (nSPS) is 19.3. The van der Waals surface area contributed by atoms with E-state index in [0.29, 0.717) is 86.2 Å². The third kappa shape index (κ3) is 9.83. The van der Waals surface area contributed by atoms with Crippen LogP contribution in [-0.4, -0.2) is 124 Å². The topological polar surface area (TPSA) is 206 Å². The van der Waals surface area contributed by atoms with Gasteiger partial charge in [0.25, 0.3) is 0 Å². The van der Waals surface area contributed by atoms with Gasteiger partial charge in [0, 0.05) is 55.1 Å². The quantitative estimate of drug-likeness (QED) is 0.0963. The van der Waals surface area contributed by atoms with Gasteiger partial charge in [0.15, 0.2) is 0 Å². The van der Waals surface area contributed by atoms with Crippen LogP contribution < -0.4 is 10.6 Å². The van der Waals surface area contributed by atoms with E-state index >= 15 is 4.39 Å². The Labute approximate surface area is 376 Å². The summed E-state index contributed by atoms with van der Waals surface area (Å²) >= 11 is 0. The molecular formula is C47H56FN9O8. The number of alkyl carbamates (subject to hydrolysis) is 2. The van der Waals surface area contributed by atoms with Gasteiger partial charge in [-0.1, -0.05) is 32.0 Å². The molecular weight excluding hydrogens is 838 g/mol. The monoisotopic (exact) mass is 893 g/mol. The lowest BCUT2D eigenvalue weighted by Crippen LogP contribution is -2.54. The van der Waals surface area contributed by atoms with Gasteiger partial charge in [0.2, 0.25) is 11.8 Å². The van der Waals surface area contributed by atoms with E-state index in [1.54, 1.807) is 35.2 Å². The van der Waals surface area contributed by atoms with Gasteiger partial charge in [-0.3, -0.25) is 9.59 Å². The highest BCUT2D eigenvalue weighted by Gasteiger charge is 2.40. The number of rotatable bonds is 13. The van der Waals surface area contributed by atoms with E-state index in [-0.39, 0.29) is 35.9 Å². The average Bonchev–Trinajstić information content (AvgIpc) is 4.17. The summed E-state index contributed by atoms with van der Waals surface area (Å²) in [6, 6.07) is 12.2. The molecule has 4 N–H and O–H groups in total. The summed E-state index contributed by atoms with van der Waals surface area (Å²) in [5, 5.41) is 6.29. The second-order valence-electron chi connectivity index (χ2n) is 17.2. The van der Waals surface area contributed by atoms with Crippen LogP contribution in [0.3, 0.4) is 0 Å². The first kappa shape index (κ1) is 45.2. The van der Waals surface area contributed by atoms with E-state index in [0.717, 1.165) is 35.0 Å². The van der Waals surface area contributed by atoms with Gasteiger partial charge >= 0.3 is 12.2 Å². The van der Waals surface area contributed by atoms with Crippen molar-refractivity contribution in [1.82, 2.24) is 45.4 Å². The second-order valence-corrected chi connectivity index (χ2v) is 17.2. The number of aromatic amines is 2. The molecule has 18 heteroatoms. The van der Waals surface area contributed by atoms with Crippen LogP contribution in [0.4, 0.5) is 14.0 Å². The molecule has 344 valence electrons. The number of benzene rings is 2. The molecule has 0 radical (unpaired) electrons. The molecule has 0 bridgehead atoms. The zero-order valence-corrected chi connectivity index (χ0v) is 37.3. The standard InChI is InChI=1S/C47H56FN9O8/c1-26(2)40(54-46(60)63-5)44(58)56-18-6-9-39(56)43-50-25-37(53-43)32-13-10-30(23-33(32)48)35-14-11-28-22-29(12-15-34(28)51-35)36-24-49-42(52-36)38-8-7-19-57(38)45(59)41(27(3)62-4)55-47(61)65-31-16-20-64-21-17-31/h10-15,22-27,31,38-41H,6-9,16-21H2,1-5H3,(H,49,52)(H,50,53)(H,54,60)(H,55,61)/t27-,38+,39+,40+,41?/m1/s1. The summed E-state index contributed by atoms with van der Waals surface area (Å²) in [4.78, 5) is 76.7. The average molecular weight is 894 g/mol. The van der Waals surface area contributed by atoms with Gasteiger partial charge in [-0.2, -0.15) is 0 Å². The molecule has 0 spiro atoms. The minimum absolute atomic E-state index is 0.166. The van der Waals surface area contributed by atoms with Crippen molar-refractivity contribution in [3.05, 3.63) is 78.4 Å². The van der Waals surface area contributed by atoms with E-state index in [9.17, 15) is 19.2 Å². The number of pyridine rings is 1.